The van der Waals surface area contributed by atoms with E-state index < -0.39 is 4.92 Å². The molecule has 0 spiro atoms. The van der Waals surface area contributed by atoms with Crippen molar-refractivity contribution in [2.45, 2.75) is 20.3 Å². The molecule has 0 radical (unpaired) electrons. The largest absolute Gasteiger partial charge is 0.368 e. The lowest BCUT2D eigenvalue weighted by Crippen LogP contribution is -2.50. The third-order valence-electron chi connectivity index (χ3n) is 6.29. The third-order valence-corrected chi connectivity index (χ3v) is 6.29. The summed E-state index contributed by atoms with van der Waals surface area (Å²) in [6.07, 6.45) is 0.244. The molecule has 2 fully saturated rings. The van der Waals surface area contributed by atoms with Crippen molar-refractivity contribution in [3.63, 3.8) is 0 Å². The standard InChI is InChI=1S/C23H26N4O4/c1-16-3-4-21(13-17(16)2)26-15-18(14-22(26)28)23(29)25-11-9-24(10-12-25)19-5-7-20(8-6-19)27(30)31/h3-8,13,18H,9-12,14-15H2,1-2H3/t18-/m1/s1. The van der Waals surface area contributed by atoms with Crippen LogP contribution in [0.2, 0.25) is 0 Å². The zero-order chi connectivity index (χ0) is 22.1. The maximum Gasteiger partial charge on any atom is 0.269 e. The van der Waals surface area contributed by atoms with Gasteiger partial charge in [-0.1, -0.05) is 6.07 Å². The molecule has 2 heterocycles. The summed E-state index contributed by atoms with van der Waals surface area (Å²) in [7, 11) is 0. The fourth-order valence-corrected chi connectivity index (χ4v) is 4.24. The molecule has 2 saturated heterocycles. The second-order valence-corrected chi connectivity index (χ2v) is 8.26. The Kier molecular flexibility index (Phi) is 5.63. The van der Waals surface area contributed by atoms with Gasteiger partial charge in [-0.25, -0.2) is 0 Å². The highest BCUT2D eigenvalue weighted by Gasteiger charge is 2.38. The van der Waals surface area contributed by atoms with Crippen LogP contribution in [-0.4, -0.2) is 54.4 Å². The first-order valence-corrected chi connectivity index (χ1v) is 10.5. The predicted molar refractivity (Wildman–Crippen MR) is 118 cm³/mol. The van der Waals surface area contributed by atoms with Crippen LogP contribution in [0.15, 0.2) is 42.5 Å². The maximum absolute atomic E-state index is 13.1. The highest BCUT2D eigenvalue weighted by Crippen LogP contribution is 2.28. The first-order chi connectivity index (χ1) is 14.8. The van der Waals surface area contributed by atoms with E-state index in [-0.39, 0.29) is 29.8 Å². The predicted octanol–water partition coefficient (Wildman–Crippen LogP) is 2.91. The first kappa shape index (κ1) is 20.8. The van der Waals surface area contributed by atoms with E-state index in [0.29, 0.717) is 32.7 Å². The Morgan fingerprint density at radius 3 is 2.23 bits per heavy atom. The highest BCUT2D eigenvalue weighted by molar-refractivity contribution is 6.00. The van der Waals surface area contributed by atoms with Crippen molar-refractivity contribution >= 4 is 28.9 Å². The molecule has 8 nitrogen and oxygen atoms in total. The van der Waals surface area contributed by atoms with Crippen molar-refractivity contribution in [2.75, 3.05) is 42.5 Å². The van der Waals surface area contributed by atoms with Crippen LogP contribution >= 0.6 is 0 Å². The molecular formula is C23H26N4O4. The Balaban J connectivity index is 1.36. The number of piperazine rings is 1. The lowest BCUT2D eigenvalue weighted by molar-refractivity contribution is -0.384. The van der Waals surface area contributed by atoms with Gasteiger partial charge in [0.05, 0.1) is 10.8 Å². The number of nitro benzene ring substituents is 1. The van der Waals surface area contributed by atoms with Crippen molar-refractivity contribution in [3.8, 4) is 0 Å². The minimum absolute atomic E-state index is 0.00822. The average Bonchev–Trinajstić information content (AvgIpc) is 3.17. The van der Waals surface area contributed by atoms with E-state index in [1.54, 1.807) is 17.0 Å². The third kappa shape index (κ3) is 4.23. The van der Waals surface area contributed by atoms with E-state index in [9.17, 15) is 19.7 Å². The van der Waals surface area contributed by atoms with Gasteiger partial charge >= 0.3 is 0 Å². The van der Waals surface area contributed by atoms with Gasteiger partial charge in [0.2, 0.25) is 11.8 Å². The molecule has 8 heteroatoms. The normalized spacial score (nSPS) is 19.1. The molecule has 162 valence electrons. The molecule has 0 unspecified atom stereocenters. The van der Waals surface area contributed by atoms with Gasteiger partial charge in [-0.05, 0) is 49.2 Å². The van der Waals surface area contributed by atoms with Crippen LogP contribution < -0.4 is 9.80 Å². The molecule has 1 atom stereocenters. The summed E-state index contributed by atoms with van der Waals surface area (Å²) in [6, 6.07) is 12.4. The molecule has 2 amide bonds. The van der Waals surface area contributed by atoms with Gasteiger partial charge in [0.15, 0.2) is 0 Å². The van der Waals surface area contributed by atoms with Crippen LogP contribution in [-0.2, 0) is 9.59 Å². The SMILES string of the molecule is Cc1ccc(N2C[C@H](C(=O)N3CCN(c4ccc([N+](=O)[O-])cc4)CC3)CC2=O)cc1C. The second-order valence-electron chi connectivity index (χ2n) is 8.26. The maximum atomic E-state index is 13.1. The van der Waals surface area contributed by atoms with E-state index >= 15 is 0 Å². The van der Waals surface area contributed by atoms with Gasteiger partial charge < -0.3 is 14.7 Å². The Bertz CT molecular complexity index is 1010. The number of anilines is 2. The molecule has 0 bridgehead atoms. The smallest absolute Gasteiger partial charge is 0.269 e. The number of non-ortho nitro benzene ring substituents is 1. The number of carbonyl (C=O) groups is 2. The minimum Gasteiger partial charge on any atom is -0.368 e. The van der Waals surface area contributed by atoms with Crippen molar-refractivity contribution in [1.29, 1.82) is 0 Å². The van der Waals surface area contributed by atoms with Gasteiger partial charge in [0.1, 0.15) is 0 Å². The molecule has 2 aromatic carbocycles. The van der Waals surface area contributed by atoms with Gasteiger partial charge in [0, 0.05) is 62.7 Å². The number of benzene rings is 2. The highest BCUT2D eigenvalue weighted by atomic mass is 16.6. The molecule has 4 rings (SSSR count). The molecule has 31 heavy (non-hydrogen) atoms. The summed E-state index contributed by atoms with van der Waals surface area (Å²) in [4.78, 5) is 41.7. The Hall–Kier alpha value is -3.42. The fraction of sp³-hybridized carbons (Fsp3) is 0.391. The Morgan fingerprint density at radius 2 is 1.61 bits per heavy atom. The lowest BCUT2D eigenvalue weighted by Gasteiger charge is -2.37. The molecule has 2 aliphatic heterocycles. The molecule has 0 saturated carbocycles. The summed E-state index contributed by atoms with van der Waals surface area (Å²) in [5, 5.41) is 10.8. The molecule has 2 aliphatic rings. The van der Waals surface area contributed by atoms with Crippen molar-refractivity contribution in [3.05, 3.63) is 63.7 Å². The zero-order valence-electron chi connectivity index (χ0n) is 17.8. The van der Waals surface area contributed by atoms with Crippen LogP contribution in [0.3, 0.4) is 0 Å². The number of carbonyl (C=O) groups excluding carboxylic acids is 2. The van der Waals surface area contributed by atoms with Crippen molar-refractivity contribution in [2.24, 2.45) is 5.92 Å². The van der Waals surface area contributed by atoms with Gasteiger partial charge in [0.25, 0.3) is 5.69 Å². The average molecular weight is 422 g/mol. The van der Waals surface area contributed by atoms with Crippen molar-refractivity contribution in [1.82, 2.24) is 4.90 Å². The van der Waals surface area contributed by atoms with Crippen LogP contribution in [0.5, 0.6) is 0 Å². The molecule has 0 aliphatic carbocycles. The lowest BCUT2D eigenvalue weighted by atomic mass is 10.1. The van der Waals surface area contributed by atoms with Crippen molar-refractivity contribution < 1.29 is 14.5 Å². The van der Waals surface area contributed by atoms with Crippen LogP contribution in [0, 0.1) is 29.9 Å². The summed E-state index contributed by atoms with van der Waals surface area (Å²) < 4.78 is 0. The second kappa shape index (κ2) is 8.37. The number of rotatable bonds is 4. The summed E-state index contributed by atoms with van der Waals surface area (Å²) in [5.41, 5.74) is 4.13. The first-order valence-electron chi connectivity index (χ1n) is 10.5. The van der Waals surface area contributed by atoms with E-state index in [2.05, 4.69) is 4.90 Å². The quantitative estimate of drug-likeness (QED) is 0.559. The van der Waals surface area contributed by atoms with E-state index in [1.807, 2.05) is 36.9 Å². The molecule has 0 aromatic heterocycles. The number of hydrogen-bond donors (Lipinski definition) is 0. The number of nitrogens with zero attached hydrogens (tertiary/aromatic N) is 4. The van der Waals surface area contributed by atoms with E-state index in [0.717, 1.165) is 16.9 Å². The molecular weight excluding hydrogens is 396 g/mol. The minimum atomic E-state index is -0.412. The number of aryl methyl sites for hydroxylation is 2. The number of nitro groups is 1. The number of amides is 2. The van der Waals surface area contributed by atoms with Crippen LogP contribution in [0.25, 0.3) is 0 Å². The zero-order valence-corrected chi connectivity index (χ0v) is 17.8. The van der Waals surface area contributed by atoms with Crippen LogP contribution in [0.1, 0.15) is 17.5 Å². The van der Waals surface area contributed by atoms with E-state index in [4.69, 9.17) is 0 Å². The summed E-state index contributed by atoms with van der Waals surface area (Å²) in [6.45, 7) is 6.94. The summed E-state index contributed by atoms with van der Waals surface area (Å²) in [5.74, 6) is -0.297. The topological polar surface area (TPSA) is 87.0 Å². The summed E-state index contributed by atoms with van der Waals surface area (Å²) >= 11 is 0. The monoisotopic (exact) mass is 422 g/mol. The van der Waals surface area contributed by atoms with Gasteiger partial charge in [-0.15, -0.1) is 0 Å². The molecule has 2 aromatic rings. The number of hydrogen-bond acceptors (Lipinski definition) is 5. The Morgan fingerprint density at radius 1 is 0.968 bits per heavy atom. The Labute approximate surface area is 181 Å². The van der Waals surface area contributed by atoms with Gasteiger partial charge in [-0.2, -0.15) is 0 Å². The van der Waals surface area contributed by atoms with Gasteiger partial charge in [-0.3, -0.25) is 19.7 Å². The fourth-order valence-electron chi connectivity index (χ4n) is 4.24. The van der Waals surface area contributed by atoms with E-state index in [1.165, 1.54) is 17.7 Å². The van der Waals surface area contributed by atoms with Crippen LogP contribution in [0.4, 0.5) is 17.1 Å². The molecule has 0 N–H and O–H groups in total.